The summed E-state index contributed by atoms with van der Waals surface area (Å²) in [6, 6.07) is 7.60. The Balaban J connectivity index is 1.68. The molecule has 1 N–H and O–H groups in total. The zero-order valence-electron chi connectivity index (χ0n) is 11.1. The zero-order chi connectivity index (χ0) is 14.1. The highest BCUT2D eigenvalue weighted by atomic mass is 16.5. The molecule has 106 valence electrons. The number of para-hydroxylation sites is 1. The number of fused-ring (bicyclic) bond motifs is 1. The number of ether oxygens (including phenoxy) is 1. The lowest BCUT2D eigenvalue weighted by Crippen LogP contribution is -2.42. The molecule has 5 nitrogen and oxygen atoms in total. The van der Waals surface area contributed by atoms with Crippen LogP contribution < -0.4 is 4.74 Å². The van der Waals surface area contributed by atoms with Crippen LogP contribution in [0.4, 0.5) is 0 Å². The summed E-state index contributed by atoms with van der Waals surface area (Å²) in [5.74, 6) is -0.476. The molecular weight excluding hydrogens is 258 g/mol. The van der Waals surface area contributed by atoms with Crippen molar-refractivity contribution in [3.8, 4) is 5.75 Å². The van der Waals surface area contributed by atoms with Crippen molar-refractivity contribution in [1.29, 1.82) is 0 Å². The average Bonchev–Trinajstić information content (AvgIpc) is 2.90. The Hall–Kier alpha value is -2.04. The van der Waals surface area contributed by atoms with Crippen LogP contribution in [0.2, 0.25) is 0 Å². The summed E-state index contributed by atoms with van der Waals surface area (Å²) in [5.41, 5.74) is 0.942. The third-order valence-electron chi connectivity index (χ3n) is 4.15. The van der Waals surface area contributed by atoms with E-state index in [0.29, 0.717) is 32.5 Å². The number of aliphatic carboxylic acids is 1. The first-order valence-electron chi connectivity index (χ1n) is 6.90. The summed E-state index contributed by atoms with van der Waals surface area (Å²) in [5, 5.41) is 8.98. The molecule has 1 fully saturated rings. The van der Waals surface area contributed by atoms with E-state index in [1.165, 1.54) is 0 Å². The first-order valence-corrected chi connectivity index (χ1v) is 6.90. The Labute approximate surface area is 117 Å². The molecule has 0 spiro atoms. The second-order valence-corrected chi connectivity index (χ2v) is 5.34. The Bertz CT molecular complexity index is 534. The molecule has 2 heterocycles. The van der Waals surface area contributed by atoms with Crippen LogP contribution >= 0.6 is 0 Å². The third kappa shape index (κ3) is 2.24. The molecule has 0 aromatic heterocycles. The molecule has 5 heteroatoms. The van der Waals surface area contributed by atoms with Gasteiger partial charge < -0.3 is 14.7 Å². The lowest BCUT2D eigenvalue weighted by molar-refractivity contribution is -0.146. The van der Waals surface area contributed by atoms with E-state index in [1.807, 2.05) is 24.3 Å². The number of hydrogen-bond acceptors (Lipinski definition) is 3. The van der Waals surface area contributed by atoms with Gasteiger partial charge in [0.15, 0.2) is 0 Å². The maximum Gasteiger partial charge on any atom is 0.306 e. The standard InChI is InChI=1S/C15H17NO4/c17-14(16-7-5-10(6-8-16)15(18)19)12-9-20-13-4-2-1-3-11(12)13/h1-4,10,12H,5-9H2,(H,18,19)/t12-/m0/s1. The Kier molecular flexibility index (Phi) is 3.34. The molecule has 0 unspecified atom stereocenters. The molecule has 1 atom stereocenters. The zero-order valence-corrected chi connectivity index (χ0v) is 11.1. The number of likely N-dealkylation sites (tertiary alicyclic amines) is 1. The molecule has 3 rings (SSSR count). The van der Waals surface area contributed by atoms with Crippen molar-refractivity contribution in [3.05, 3.63) is 29.8 Å². The molecule has 1 saturated heterocycles. The Morgan fingerprint density at radius 3 is 2.60 bits per heavy atom. The van der Waals surface area contributed by atoms with Gasteiger partial charge in [-0.25, -0.2) is 0 Å². The predicted octanol–water partition coefficient (Wildman–Crippen LogP) is 1.49. The molecule has 2 aliphatic rings. The maximum atomic E-state index is 12.5. The fraction of sp³-hybridized carbons (Fsp3) is 0.467. The normalized spacial score (nSPS) is 22.2. The van der Waals surface area contributed by atoms with Crippen LogP contribution in [0.15, 0.2) is 24.3 Å². The highest BCUT2D eigenvalue weighted by Gasteiger charge is 2.35. The first-order chi connectivity index (χ1) is 9.66. The van der Waals surface area contributed by atoms with Crippen LogP contribution in [0.25, 0.3) is 0 Å². The molecule has 1 amide bonds. The number of hydrogen-bond donors (Lipinski definition) is 1. The van der Waals surface area contributed by atoms with Gasteiger partial charge in [0.05, 0.1) is 5.92 Å². The number of carbonyl (C=O) groups excluding carboxylic acids is 1. The smallest absolute Gasteiger partial charge is 0.306 e. The van der Waals surface area contributed by atoms with Gasteiger partial charge in [0.25, 0.3) is 0 Å². The van der Waals surface area contributed by atoms with Gasteiger partial charge in [0.1, 0.15) is 18.3 Å². The van der Waals surface area contributed by atoms with Crippen LogP contribution in [-0.4, -0.2) is 41.6 Å². The van der Waals surface area contributed by atoms with Crippen molar-refractivity contribution in [3.63, 3.8) is 0 Å². The van der Waals surface area contributed by atoms with Crippen LogP contribution in [0, 0.1) is 5.92 Å². The number of carbonyl (C=O) groups is 2. The Morgan fingerprint density at radius 2 is 1.90 bits per heavy atom. The van der Waals surface area contributed by atoms with E-state index in [-0.39, 0.29) is 17.7 Å². The van der Waals surface area contributed by atoms with E-state index >= 15 is 0 Å². The summed E-state index contributed by atoms with van der Waals surface area (Å²) in [6.07, 6.45) is 1.08. The van der Waals surface area contributed by atoms with Crippen LogP contribution in [0.3, 0.4) is 0 Å². The number of rotatable bonds is 2. The van der Waals surface area contributed by atoms with Crippen molar-refractivity contribution in [2.24, 2.45) is 5.92 Å². The number of piperidine rings is 1. The fourth-order valence-corrected chi connectivity index (χ4v) is 2.93. The molecule has 0 aliphatic carbocycles. The van der Waals surface area contributed by atoms with Gasteiger partial charge in [-0.3, -0.25) is 9.59 Å². The SMILES string of the molecule is O=C(O)C1CCN(C(=O)[C@H]2COc3ccccc32)CC1. The lowest BCUT2D eigenvalue weighted by Gasteiger charge is -2.31. The molecule has 20 heavy (non-hydrogen) atoms. The molecule has 1 aromatic rings. The van der Waals surface area contributed by atoms with Crippen molar-refractivity contribution < 1.29 is 19.4 Å². The molecule has 1 aromatic carbocycles. The van der Waals surface area contributed by atoms with E-state index in [1.54, 1.807) is 4.90 Å². The van der Waals surface area contributed by atoms with Gasteiger partial charge >= 0.3 is 5.97 Å². The highest BCUT2D eigenvalue weighted by molar-refractivity contribution is 5.86. The average molecular weight is 275 g/mol. The van der Waals surface area contributed by atoms with E-state index in [4.69, 9.17) is 9.84 Å². The molecular formula is C15H17NO4. The molecule has 0 saturated carbocycles. The number of carboxylic acid groups (broad SMARTS) is 1. The first kappa shape index (κ1) is 13.0. The van der Waals surface area contributed by atoms with Crippen molar-refractivity contribution in [2.75, 3.05) is 19.7 Å². The lowest BCUT2D eigenvalue weighted by atomic mass is 9.94. The topological polar surface area (TPSA) is 66.8 Å². The van der Waals surface area contributed by atoms with Gasteiger partial charge in [-0.15, -0.1) is 0 Å². The van der Waals surface area contributed by atoms with Crippen molar-refractivity contribution >= 4 is 11.9 Å². The summed E-state index contributed by atoms with van der Waals surface area (Å²) in [6.45, 7) is 1.43. The molecule has 0 bridgehead atoms. The number of carboxylic acids is 1. The fourth-order valence-electron chi connectivity index (χ4n) is 2.93. The van der Waals surface area contributed by atoms with E-state index in [2.05, 4.69) is 0 Å². The largest absolute Gasteiger partial charge is 0.492 e. The highest BCUT2D eigenvalue weighted by Crippen LogP contribution is 2.35. The second kappa shape index (κ2) is 5.15. The maximum absolute atomic E-state index is 12.5. The van der Waals surface area contributed by atoms with E-state index in [9.17, 15) is 9.59 Å². The minimum Gasteiger partial charge on any atom is -0.492 e. The van der Waals surface area contributed by atoms with Crippen molar-refractivity contribution in [2.45, 2.75) is 18.8 Å². The van der Waals surface area contributed by atoms with Gasteiger partial charge in [-0.1, -0.05) is 18.2 Å². The summed E-state index contributed by atoms with van der Waals surface area (Å²) >= 11 is 0. The number of nitrogens with zero attached hydrogens (tertiary/aromatic N) is 1. The molecule has 2 aliphatic heterocycles. The van der Waals surface area contributed by atoms with Gasteiger partial charge in [-0.05, 0) is 18.9 Å². The van der Waals surface area contributed by atoms with Crippen LogP contribution in [-0.2, 0) is 9.59 Å². The van der Waals surface area contributed by atoms with Gasteiger partial charge in [0.2, 0.25) is 5.91 Å². The quantitative estimate of drug-likeness (QED) is 0.888. The van der Waals surface area contributed by atoms with E-state index < -0.39 is 5.97 Å². The minimum absolute atomic E-state index is 0.0544. The Morgan fingerprint density at radius 1 is 1.20 bits per heavy atom. The second-order valence-electron chi connectivity index (χ2n) is 5.34. The van der Waals surface area contributed by atoms with Crippen LogP contribution in [0.5, 0.6) is 5.75 Å². The van der Waals surface area contributed by atoms with E-state index in [0.717, 1.165) is 11.3 Å². The number of benzene rings is 1. The van der Waals surface area contributed by atoms with Gasteiger partial charge in [0, 0.05) is 18.7 Å². The third-order valence-corrected chi connectivity index (χ3v) is 4.15. The van der Waals surface area contributed by atoms with Gasteiger partial charge in [-0.2, -0.15) is 0 Å². The predicted molar refractivity (Wildman–Crippen MR) is 71.6 cm³/mol. The monoisotopic (exact) mass is 275 g/mol. The number of amides is 1. The summed E-state index contributed by atoms with van der Waals surface area (Å²) in [7, 11) is 0. The molecule has 0 radical (unpaired) electrons. The summed E-state index contributed by atoms with van der Waals surface area (Å²) in [4.78, 5) is 25.2. The minimum atomic E-state index is -0.758. The summed E-state index contributed by atoms with van der Waals surface area (Å²) < 4.78 is 5.54. The van der Waals surface area contributed by atoms with Crippen LogP contribution in [0.1, 0.15) is 24.3 Å². The van der Waals surface area contributed by atoms with Crippen molar-refractivity contribution in [1.82, 2.24) is 4.90 Å².